The van der Waals surface area contributed by atoms with Crippen LogP contribution in [0.2, 0.25) is 0 Å². The zero-order chi connectivity index (χ0) is 11.5. The lowest BCUT2D eigenvalue weighted by molar-refractivity contribution is 0.485. The highest BCUT2D eigenvalue weighted by Crippen LogP contribution is 2.26. The second kappa shape index (κ2) is 4.78. The number of aromatic nitrogens is 2. The highest BCUT2D eigenvalue weighted by atomic mass is 32.1. The first-order chi connectivity index (χ1) is 7.74. The van der Waals surface area contributed by atoms with Crippen molar-refractivity contribution >= 4 is 12.6 Å². The van der Waals surface area contributed by atoms with E-state index in [1.54, 1.807) is 0 Å². The fraction of sp³-hybridized carbons (Fsp3) is 0.417. The van der Waals surface area contributed by atoms with E-state index in [9.17, 15) is 0 Å². The first kappa shape index (κ1) is 11.3. The third-order valence-corrected chi connectivity index (χ3v) is 3.07. The van der Waals surface area contributed by atoms with Crippen LogP contribution in [0, 0.1) is 0 Å². The van der Waals surface area contributed by atoms with Crippen molar-refractivity contribution in [1.29, 1.82) is 0 Å². The molecule has 0 aromatic carbocycles. The van der Waals surface area contributed by atoms with E-state index in [4.69, 9.17) is 0 Å². The van der Waals surface area contributed by atoms with Crippen LogP contribution in [0.25, 0.3) is 0 Å². The molecule has 4 heteroatoms. The lowest BCUT2D eigenvalue weighted by atomic mass is 10.0. The van der Waals surface area contributed by atoms with Crippen molar-refractivity contribution in [1.82, 2.24) is 15.1 Å². The molecule has 1 aliphatic rings. The lowest BCUT2D eigenvalue weighted by Gasteiger charge is -2.24. The highest BCUT2D eigenvalue weighted by Gasteiger charge is 2.20. The van der Waals surface area contributed by atoms with Gasteiger partial charge in [-0.1, -0.05) is 6.08 Å². The second-order valence-corrected chi connectivity index (χ2v) is 4.47. The summed E-state index contributed by atoms with van der Waals surface area (Å²) in [5, 5.41) is 7.72. The molecule has 1 aromatic rings. The normalized spacial score (nSPS) is 19.8. The molecule has 0 saturated carbocycles. The number of nitrogens with zero attached hydrogens (tertiary/aromatic N) is 2. The van der Waals surface area contributed by atoms with Gasteiger partial charge in [-0.3, -0.25) is 4.68 Å². The molecule has 1 atom stereocenters. The Morgan fingerprint density at radius 2 is 2.38 bits per heavy atom. The van der Waals surface area contributed by atoms with Gasteiger partial charge in [-0.05, 0) is 37.8 Å². The van der Waals surface area contributed by atoms with Crippen LogP contribution >= 0.6 is 12.6 Å². The van der Waals surface area contributed by atoms with Crippen molar-refractivity contribution in [2.75, 3.05) is 5.75 Å². The van der Waals surface area contributed by atoms with Crippen molar-refractivity contribution in [3.63, 3.8) is 0 Å². The van der Waals surface area contributed by atoms with E-state index in [1.807, 2.05) is 23.2 Å². The molecule has 1 N–H and O–H groups in total. The van der Waals surface area contributed by atoms with Gasteiger partial charge < -0.3 is 5.32 Å². The Morgan fingerprint density at radius 1 is 1.56 bits per heavy atom. The summed E-state index contributed by atoms with van der Waals surface area (Å²) in [7, 11) is 0. The molecule has 1 unspecified atom stereocenters. The first-order valence-electron chi connectivity index (χ1n) is 5.50. The predicted molar refractivity (Wildman–Crippen MR) is 69.6 cm³/mol. The summed E-state index contributed by atoms with van der Waals surface area (Å²) in [5.41, 5.74) is 2.47. The Hall–Kier alpha value is -1.16. The maximum Gasteiger partial charge on any atom is 0.0903 e. The smallest absolute Gasteiger partial charge is 0.0903 e. The Balaban J connectivity index is 2.33. The molecule has 2 rings (SSSR count). The molecule has 2 heterocycles. The summed E-state index contributed by atoms with van der Waals surface area (Å²) in [6, 6.07) is 2.64. The van der Waals surface area contributed by atoms with Gasteiger partial charge >= 0.3 is 0 Å². The van der Waals surface area contributed by atoms with E-state index in [0.29, 0.717) is 6.04 Å². The monoisotopic (exact) mass is 235 g/mol. The molecular weight excluding hydrogens is 218 g/mol. The largest absolute Gasteiger partial charge is 0.379 e. The van der Waals surface area contributed by atoms with Crippen molar-refractivity contribution in [2.24, 2.45) is 0 Å². The minimum Gasteiger partial charge on any atom is -0.379 e. The fourth-order valence-electron chi connectivity index (χ4n) is 1.93. The highest BCUT2D eigenvalue weighted by molar-refractivity contribution is 7.80. The summed E-state index contributed by atoms with van der Waals surface area (Å²) in [6.45, 7) is 4.28. The average Bonchev–Trinajstić information content (AvgIpc) is 2.77. The third kappa shape index (κ3) is 2.02. The second-order valence-electron chi connectivity index (χ2n) is 4.15. The molecule has 0 amide bonds. The van der Waals surface area contributed by atoms with E-state index in [-0.39, 0.29) is 6.04 Å². The number of nitrogens with one attached hydrogen (secondary N) is 1. The van der Waals surface area contributed by atoms with Crippen LogP contribution in [0.3, 0.4) is 0 Å². The van der Waals surface area contributed by atoms with Crippen LogP contribution in [-0.4, -0.2) is 15.5 Å². The predicted octanol–water partition coefficient (Wildman–Crippen LogP) is 2.48. The number of hydrogen-bond acceptors (Lipinski definition) is 3. The zero-order valence-corrected chi connectivity index (χ0v) is 10.5. The summed E-state index contributed by atoms with van der Waals surface area (Å²) in [5.74, 6) is 0.755. The van der Waals surface area contributed by atoms with Crippen LogP contribution < -0.4 is 5.32 Å². The van der Waals surface area contributed by atoms with Gasteiger partial charge in [0.15, 0.2) is 0 Å². The van der Waals surface area contributed by atoms with Gasteiger partial charge in [-0.2, -0.15) is 17.7 Å². The van der Waals surface area contributed by atoms with Crippen molar-refractivity contribution in [3.05, 3.63) is 41.9 Å². The minimum atomic E-state index is 0.201. The summed E-state index contributed by atoms with van der Waals surface area (Å²) < 4.78 is 2.05. The van der Waals surface area contributed by atoms with E-state index in [0.717, 1.165) is 5.75 Å². The molecule has 86 valence electrons. The molecule has 16 heavy (non-hydrogen) atoms. The fourth-order valence-corrected chi connectivity index (χ4v) is 2.22. The lowest BCUT2D eigenvalue weighted by Crippen LogP contribution is -2.24. The number of dihydropyridines is 1. The quantitative estimate of drug-likeness (QED) is 0.788. The van der Waals surface area contributed by atoms with Gasteiger partial charge in [0.1, 0.15) is 0 Å². The Kier molecular flexibility index (Phi) is 3.39. The van der Waals surface area contributed by atoms with Gasteiger partial charge in [0.25, 0.3) is 0 Å². The van der Waals surface area contributed by atoms with Crippen molar-refractivity contribution in [3.8, 4) is 0 Å². The van der Waals surface area contributed by atoms with Crippen molar-refractivity contribution < 1.29 is 0 Å². The van der Waals surface area contributed by atoms with Gasteiger partial charge in [0.05, 0.1) is 11.7 Å². The van der Waals surface area contributed by atoms with Crippen molar-refractivity contribution in [2.45, 2.75) is 25.9 Å². The molecule has 1 aliphatic heterocycles. The molecule has 0 aliphatic carbocycles. The van der Waals surface area contributed by atoms with Gasteiger partial charge in [0.2, 0.25) is 0 Å². The molecule has 0 fully saturated rings. The third-order valence-electron chi connectivity index (χ3n) is 2.71. The first-order valence-corrected chi connectivity index (χ1v) is 6.13. The number of thiol groups is 1. The van der Waals surface area contributed by atoms with Crippen LogP contribution in [0.1, 0.15) is 31.6 Å². The van der Waals surface area contributed by atoms with Crippen LogP contribution in [0.15, 0.2) is 36.2 Å². The van der Waals surface area contributed by atoms with E-state index in [2.05, 4.69) is 49.0 Å². The van der Waals surface area contributed by atoms with Gasteiger partial charge in [0, 0.05) is 18.0 Å². The minimum absolute atomic E-state index is 0.201. The van der Waals surface area contributed by atoms with Gasteiger partial charge in [-0.25, -0.2) is 0 Å². The Labute approximate surface area is 102 Å². The summed E-state index contributed by atoms with van der Waals surface area (Å²) in [4.78, 5) is 0. The molecular formula is C12H17N3S. The Morgan fingerprint density at radius 3 is 3.06 bits per heavy atom. The van der Waals surface area contributed by atoms with E-state index >= 15 is 0 Å². The molecule has 0 bridgehead atoms. The maximum absolute atomic E-state index is 4.37. The van der Waals surface area contributed by atoms with E-state index < -0.39 is 0 Å². The number of hydrogen-bond donors (Lipinski definition) is 2. The SMILES string of the molecule is CC(C)n1nccc1C1NC=CC=C1CS. The average molecular weight is 235 g/mol. The molecule has 0 radical (unpaired) electrons. The Bertz CT molecular complexity index is 418. The number of rotatable bonds is 3. The molecule has 0 spiro atoms. The topological polar surface area (TPSA) is 29.9 Å². The number of allylic oxidation sites excluding steroid dienone is 2. The standard InChI is InChI=1S/C12H17N3S/c1-9(2)15-11(5-7-14-15)12-10(8-16)4-3-6-13-12/h3-7,9,12-13,16H,8H2,1-2H3. The van der Waals surface area contributed by atoms with Gasteiger partial charge in [-0.15, -0.1) is 0 Å². The zero-order valence-electron chi connectivity index (χ0n) is 9.59. The molecule has 1 aromatic heterocycles. The van der Waals surface area contributed by atoms with Crippen LogP contribution in [0.5, 0.6) is 0 Å². The summed E-state index contributed by atoms with van der Waals surface area (Å²) in [6.07, 6.45) is 7.95. The summed E-state index contributed by atoms with van der Waals surface area (Å²) >= 11 is 4.37. The van der Waals surface area contributed by atoms with E-state index in [1.165, 1.54) is 11.3 Å². The molecule has 0 saturated heterocycles. The van der Waals surface area contributed by atoms with Crippen LogP contribution in [-0.2, 0) is 0 Å². The molecule has 3 nitrogen and oxygen atoms in total. The maximum atomic E-state index is 4.37. The van der Waals surface area contributed by atoms with Crippen LogP contribution in [0.4, 0.5) is 0 Å².